The molecule has 1 aliphatic rings. The fourth-order valence-electron chi connectivity index (χ4n) is 3.52. The van der Waals surface area contributed by atoms with E-state index in [1.165, 1.54) is 0 Å². The quantitative estimate of drug-likeness (QED) is 0.734. The van der Waals surface area contributed by atoms with Crippen molar-refractivity contribution in [3.8, 4) is 0 Å². The lowest BCUT2D eigenvalue weighted by atomic mass is 9.96. The Balaban J connectivity index is 2.05. The fourth-order valence-corrected chi connectivity index (χ4v) is 3.52. The first kappa shape index (κ1) is 16.4. The summed E-state index contributed by atoms with van der Waals surface area (Å²) in [4.78, 5) is 17.9. The van der Waals surface area contributed by atoms with Crippen molar-refractivity contribution in [1.82, 2.24) is 14.9 Å². The van der Waals surface area contributed by atoms with E-state index in [9.17, 15) is 4.79 Å². The van der Waals surface area contributed by atoms with Crippen LogP contribution in [0.25, 0.3) is 11.0 Å². The molecule has 0 spiro atoms. The average Bonchev–Trinajstić information content (AvgIpc) is 3.03. The third-order valence-electron chi connectivity index (χ3n) is 4.56. The van der Waals surface area contributed by atoms with E-state index in [2.05, 4.69) is 35.6 Å². The first-order chi connectivity index (χ1) is 11.2. The van der Waals surface area contributed by atoms with Gasteiger partial charge in [-0.1, -0.05) is 20.8 Å². The Kier molecular flexibility index (Phi) is 3.81. The number of amides is 1. The van der Waals surface area contributed by atoms with Crippen molar-refractivity contribution in [1.29, 1.82) is 0 Å². The van der Waals surface area contributed by atoms with Crippen LogP contribution >= 0.6 is 0 Å². The molecular formula is C17H25N5O2. The molecule has 2 heterocycles. The van der Waals surface area contributed by atoms with Crippen molar-refractivity contribution in [2.75, 3.05) is 23.7 Å². The number of hydrogen-bond acceptors (Lipinski definition) is 4. The van der Waals surface area contributed by atoms with Crippen LogP contribution < -0.4 is 16.0 Å². The fraction of sp³-hybridized carbons (Fsp3) is 0.529. The zero-order chi connectivity index (χ0) is 17.6. The monoisotopic (exact) mass is 331 g/mol. The molecule has 0 saturated carbocycles. The molecule has 1 aromatic heterocycles. The molecule has 1 amide bonds. The molecule has 130 valence electrons. The van der Waals surface area contributed by atoms with E-state index in [1.807, 2.05) is 19.2 Å². The van der Waals surface area contributed by atoms with Gasteiger partial charge in [0.1, 0.15) is 11.3 Å². The SMILES string of the molecule is Cn1c(C(C)(C)C)nc2c(N3CC[C@H](NC(=O)O)C3)c(N)ccc21. The second kappa shape index (κ2) is 5.58. The zero-order valence-electron chi connectivity index (χ0n) is 14.6. The third-order valence-corrected chi connectivity index (χ3v) is 4.56. The minimum absolute atomic E-state index is 0.0712. The number of nitrogen functional groups attached to an aromatic ring is 1. The molecule has 1 aliphatic heterocycles. The molecule has 7 heteroatoms. The van der Waals surface area contributed by atoms with Crippen molar-refractivity contribution >= 4 is 28.5 Å². The van der Waals surface area contributed by atoms with Crippen LogP contribution in [-0.4, -0.2) is 39.9 Å². The van der Waals surface area contributed by atoms with Crippen LogP contribution in [0.2, 0.25) is 0 Å². The predicted molar refractivity (Wildman–Crippen MR) is 95.6 cm³/mol. The van der Waals surface area contributed by atoms with Crippen LogP contribution in [0.15, 0.2) is 12.1 Å². The van der Waals surface area contributed by atoms with Crippen molar-refractivity contribution in [2.45, 2.75) is 38.6 Å². The number of hydrogen-bond donors (Lipinski definition) is 3. The van der Waals surface area contributed by atoms with Gasteiger partial charge in [-0.25, -0.2) is 9.78 Å². The third kappa shape index (κ3) is 2.74. The van der Waals surface area contributed by atoms with Gasteiger partial charge in [-0.3, -0.25) is 0 Å². The van der Waals surface area contributed by atoms with Gasteiger partial charge in [0.05, 0.1) is 22.9 Å². The summed E-state index contributed by atoms with van der Waals surface area (Å²) in [5.74, 6) is 1.00. The first-order valence-corrected chi connectivity index (χ1v) is 8.18. The summed E-state index contributed by atoms with van der Waals surface area (Å²) < 4.78 is 2.11. The van der Waals surface area contributed by atoms with Gasteiger partial charge in [-0.15, -0.1) is 0 Å². The first-order valence-electron chi connectivity index (χ1n) is 8.18. The lowest BCUT2D eigenvalue weighted by molar-refractivity contribution is 0.191. The Morgan fingerprint density at radius 2 is 2.12 bits per heavy atom. The number of rotatable bonds is 2. The molecule has 0 radical (unpaired) electrons. The van der Waals surface area contributed by atoms with Gasteiger partial charge in [0.2, 0.25) is 0 Å². The number of imidazole rings is 1. The average molecular weight is 331 g/mol. The van der Waals surface area contributed by atoms with Gasteiger partial charge in [0.25, 0.3) is 0 Å². The lowest BCUT2D eigenvalue weighted by Crippen LogP contribution is -2.36. The topological polar surface area (TPSA) is 96.4 Å². The number of fused-ring (bicyclic) bond motifs is 1. The molecule has 4 N–H and O–H groups in total. The van der Waals surface area contributed by atoms with Crippen LogP contribution in [-0.2, 0) is 12.5 Å². The molecule has 1 atom stereocenters. The van der Waals surface area contributed by atoms with Gasteiger partial charge in [0, 0.05) is 25.6 Å². The van der Waals surface area contributed by atoms with E-state index in [0.717, 1.165) is 35.5 Å². The van der Waals surface area contributed by atoms with Gasteiger partial charge < -0.3 is 25.6 Å². The highest BCUT2D eigenvalue weighted by molar-refractivity contribution is 5.96. The minimum atomic E-state index is -0.985. The maximum Gasteiger partial charge on any atom is 0.404 e. The zero-order valence-corrected chi connectivity index (χ0v) is 14.6. The second-order valence-corrected chi connectivity index (χ2v) is 7.50. The Bertz CT molecular complexity index is 790. The summed E-state index contributed by atoms with van der Waals surface area (Å²) in [6, 6.07) is 3.83. The van der Waals surface area contributed by atoms with Crippen LogP contribution in [0.3, 0.4) is 0 Å². The summed E-state index contributed by atoms with van der Waals surface area (Å²) in [6.45, 7) is 7.78. The number of carbonyl (C=O) groups is 1. The number of aryl methyl sites for hydroxylation is 1. The lowest BCUT2D eigenvalue weighted by Gasteiger charge is -2.21. The maximum atomic E-state index is 10.9. The molecule has 7 nitrogen and oxygen atoms in total. The molecule has 1 aromatic carbocycles. The van der Waals surface area contributed by atoms with Crippen molar-refractivity contribution < 1.29 is 9.90 Å². The van der Waals surface area contributed by atoms with E-state index in [4.69, 9.17) is 15.8 Å². The molecule has 2 aromatic rings. The van der Waals surface area contributed by atoms with Crippen LogP contribution in [0.1, 0.15) is 33.0 Å². The van der Waals surface area contributed by atoms with E-state index in [1.54, 1.807) is 0 Å². The van der Waals surface area contributed by atoms with E-state index >= 15 is 0 Å². The summed E-state index contributed by atoms with van der Waals surface area (Å²) in [5.41, 5.74) is 9.70. The number of nitrogens with one attached hydrogen (secondary N) is 1. The van der Waals surface area contributed by atoms with Crippen molar-refractivity contribution in [2.24, 2.45) is 7.05 Å². The molecule has 0 aliphatic carbocycles. The summed E-state index contributed by atoms with van der Waals surface area (Å²) in [6.07, 6.45) is -0.220. The second-order valence-electron chi connectivity index (χ2n) is 7.50. The Hall–Kier alpha value is -2.44. The highest BCUT2D eigenvalue weighted by Crippen LogP contribution is 2.36. The number of benzene rings is 1. The highest BCUT2D eigenvalue weighted by atomic mass is 16.4. The molecular weight excluding hydrogens is 306 g/mol. The van der Waals surface area contributed by atoms with E-state index in [-0.39, 0.29) is 11.5 Å². The van der Waals surface area contributed by atoms with Gasteiger partial charge in [-0.2, -0.15) is 0 Å². The molecule has 1 fully saturated rings. The largest absolute Gasteiger partial charge is 0.465 e. The Morgan fingerprint density at radius 1 is 1.42 bits per heavy atom. The van der Waals surface area contributed by atoms with Gasteiger partial charge in [0.15, 0.2) is 0 Å². The Morgan fingerprint density at radius 3 is 2.75 bits per heavy atom. The number of nitrogens with zero attached hydrogens (tertiary/aromatic N) is 3. The predicted octanol–water partition coefficient (Wildman–Crippen LogP) is 2.30. The highest BCUT2D eigenvalue weighted by Gasteiger charge is 2.29. The van der Waals surface area contributed by atoms with Crippen molar-refractivity contribution in [3.05, 3.63) is 18.0 Å². The summed E-state index contributed by atoms with van der Waals surface area (Å²) in [7, 11) is 2.02. The molecule has 24 heavy (non-hydrogen) atoms. The van der Waals surface area contributed by atoms with Gasteiger partial charge in [-0.05, 0) is 18.6 Å². The van der Waals surface area contributed by atoms with Crippen LogP contribution in [0.5, 0.6) is 0 Å². The molecule has 0 unspecified atom stereocenters. The number of anilines is 2. The standard InChI is InChI=1S/C17H25N5O2/c1-17(2,3)15-20-13-12(21(15)4)6-5-11(18)14(13)22-8-7-10(9-22)19-16(23)24/h5-6,10,19H,7-9,18H2,1-4H3,(H,23,24)/t10-/m0/s1. The smallest absolute Gasteiger partial charge is 0.404 e. The molecule has 3 rings (SSSR count). The maximum absolute atomic E-state index is 10.9. The van der Waals surface area contributed by atoms with E-state index in [0.29, 0.717) is 12.2 Å². The number of carboxylic acid groups (broad SMARTS) is 1. The van der Waals surface area contributed by atoms with E-state index < -0.39 is 6.09 Å². The number of aromatic nitrogens is 2. The van der Waals surface area contributed by atoms with Crippen LogP contribution in [0, 0.1) is 0 Å². The minimum Gasteiger partial charge on any atom is -0.465 e. The number of nitrogens with two attached hydrogens (primary N) is 1. The van der Waals surface area contributed by atoms with Crippen LogP contribution in [0.4, 0.5) is 16.2 Å². The molecule has 0 bridgehead atoms. The normalized spacial score (nSPS) is 18.3. The van der Waals surface area contributed by atoms with Crippen molar-refractivity contribution in [3.63, 3.8) is 0 Å². The van der Waals surface area contributed by atoms with Gasteiger partial charge >= 0.3 is 6.09 Å². The summed E-state index contributed by atoms with van der Waals surface area (Å²) in [5, 5.41) is 11.5. The Labute approximate surface area is 141 Å². The molecule has 1 saturated heterocycles. The summed E-state index contributed by atoms with van der Waals surface area (Å²) >= 11 is 0.